The molecule has 0 aliphatic heterocycles. The van der Waals surface area contributed by atoms with Crippen LogP contribution in [-0.4, -0.2) is 25.2 Å². The molecular weight excluding hydrogens is 213 g/mol. The average molecular weight is 216 g/mol. The quantitative estimate of drug-likeness (QED) is 0.646. The van der Waals surface area contributed by atoms with Gasteiger partial charge in [0, 0.05) is 0 Å². The Hall–Kier alpha value is -1.69. The molecule has 0 fully saturated rings. The van der Waals surface area contributed by atoms with Crippen molar-refractivity contribution < 1.29 is 14.6 Å². The average Bonchev–Trinajstić information content (AvgIpc) is 2.10. The van der Waals surface area contributed by atoms with Crippen molar-refractivity contribution in [1.82, 2.24) is 15.0 Å². The van der Waals surface area contributed by atoms with Gasteiger partial charge in [0.25, 0.3) is 0 Å². The molecule has 0 unspecified atom stereocenters. The first kappa shape index (κ1) is 8.89. The number of hydrogen-bond donors (Lipinski definition) is 2. The molecule has 2 rings (SSSR count). The lowest BCUT2D eigenvalue weighted by atomic mass is 10.3. The Bertz CT molecular complexity index is 520. The number of aromatic hydroxyl groups is 2. The highest BCUT2D eigenvalue weighted by atomic mass is 35.5. The lowest BCUT2D eigenvalue weighted by Crippen LogP contribution is -1.91. The summed E-state index contributed by atoms with van der Waals surface area (Å²) in [6.07, 6.45) is 0.844. The van der Waals surface area contributed by atoms with E-state index in [2.05, 4.69) is 15.0 Å². The molecule has 2 heterocycles. The summed E-state index contributed by atoms with van der Waals surface area (Å²) < 4.78 is 13.1. The fourth-order valence-corrected chi connectivity index (χ4v) is 1.26. The van der Waals surface area contributed by atoms with Crippen molar-refractivity contribution in [3.63, 3.8) is 0 Å². The molecule has 0 aliphatic carbocycles. The molecule has 0 aromatic carbocycles. The Morgan fingerprint density at radius 3 is 2.71 bits per heavy atom. The third kappa shape index (κ3) is 1.20. The van der Waals surface area contributed by atoms with E-state index in [4.69, 9.17) is 16.7 Å². The monoisotopic (exact) mass is 215 g/mol. The Morgan fingerprint density at radius 1 is 1.29 bits per heavy atom. The van der Waals surface area contributed by atoms with Crippen LogP contribution in [0.25, 0.3) is 10.9 Å². The Kier molecular flexibility index (Phi) is 1.85. The van der Waals surface area contributed by atoms with Crippen LogP contribution in [0.2, 0.25) is 5.15 Å². The number of hydrogen-bond acceptors (Lipinski definition) is 5. The Balaban J connectivity index is 3.00. The van der Waals surface area contributed by atoms with Crippen molar-refractivity contribution in [3.8, 4) is 11.9 Å². The minimum absolute atomic E-state index is 0.121. The van der Waals surface area contributed by atoms with Crippen LogP contribution in [0.1, 0.15) is 0 Å². The van der Waals surface area contributed by atoms with Gasteiger partial charge in [0.2, 0.25) is 5.88 Å². The summed E-state index contributed by atoms with van der Waals surface area (Å²) in [5.41, 5.74) is -0.269. The number of pyridine rings is 1. The van der Waals surface area contributed by atoms with Gasteiger partial charge < -0.3 is 10.2 Å². The summed E-state index contributed by atoms with van der Waals surface area (Å²) in [5.74, 6) is -1.40. The first-order valence-electron chi connectivity index (χ1n) is 3.49. The maximum atomic E-state index is 13.1. The van der Waals surface area contributed by atoms with Crippen molar-refractivity contribution in [1.29, 1.82) is 0 Å². The maximum Gasteiger partial charge on any atom is 0.317 e. The fourth-order valence-electron chi connectivity index (χ4n) is 1.04. The van der Waals surface area contributed by atoms with Crippen LogP contribution >= 0.6 is 11.6 Å². The van der Waals surface area contributed by atoms with Gasteiger partial charge >= 0.3 is 6.01 Å². The number of halogens is 2. The first-order chi connectivity index (χ1) is 6.59. The lowest BCUT2D eigenvalue weighted by molar-refractivity contribution is 0.402. The zero-order valence-electron chi connectivity index (χ0n) is 6.57. The van der Waals surface area contributed by atoms with Gasteiger partial charge in [-0.2, -0.15) is 9.97 Å². The summed E-state index contributed by atoms with van der Waals surface area (Å²) in [6.45, 7) is 0. The van der Waals surface area contributed by atoms with Crippen molar-refractivity contribution in [2.45, 2.75) is 0 Å². The summed E-state index contributed by atoms with van der Waals surface area (Å²) in [7, 11) is 0. The van der Waals surface area contributed by atoms with E-state index in [1.807, 2.05) is 0 Å². The molecule has 7 heteroatoms. The minimum atomic E-state index is -0.794. The normalized spacial score (nSPS) is 10.7. The number of aromatic nitrogens is 3. The number of rotatable bonds is 0. The molecule has 2 aromatic rings. The van der Waals surface area contributed by atoms with Crippen LogP contribution in [0.15, 0.2) is 6.20 Å². The maximum absolute atomic E-state index is 13.1. The molecule has 0 aliphatic rings. The zero-order valence-corrected chi connectivity index (χ0v) is 7.33. The molecule has 0 radical (unpaired) electrons. The van der Waals surface area contributed by atoms with Crippen LogP contribution in [0.5, 0.6) is 11.9 Å². The van der Waals surface area contributed by atoms with Gasteiger partial charge in [-0.05, 0) is 0 Å². The van der Waals surface area contributed by atoms with Gasteiger partial charge in [-0.15, -0.1) is 0 Å². The topological polar surface area (TPSA) is 79.1 Å². The van der Waals surface area contributed by atoms with Crippen molar-refractivity contribution in [2.24, 2.45) is 0 Å². The molecule has 0 amide bonds. The highest BCUT2D eigenvalue weighted by Gasteiger charge is 2.14. The van der Waals surface area contributed by atoms with Crippen LogP contribution in [0, 0.1) is 5.82 Å². The number of nitrogens with zero attached hydrogens (tertiary/aromatic N) is 3. The van der Waals surface area contributed by atoms with E-state index >= 15 is 0 Å². The van der Waals surface area contributed by atoms with E-state index in [1.54, 1.807) is 0 Å². The smallest absolute Gasteiger partial charge is 0.317 e. The molecule has 5 nitrogen and oxygen atoms in total. The SMILES string of the molecule is Oc1nc(O)c2c(Cl)ncc(F)c2n1. The van der Waals surface area contributed by atoms with E-state index < -0.39 is 17.7 Å². The van der Waals surface area contributed by atoms with Crippen LogP contribution in [-0.2, 0) is 0 Å². The third-order valence-corrected chi connectivity index (χ3v) is 1.89. The molecule has 14 heavy (non-hydrogen) atoms. The van der Waals surface area contributed by atoms with E-state index in [0.717, 1.165) is 6.20 Å². The number of fused-ring (bicyclic) bond motifs is 1. The summed E-state index contributed by atoms with van der Waals surface area (Å²) in [4.78, 5) is 10.1. The minimum Gasteiger partial charge on any atom is -0.493 e. The molecule has 2 aromatic heterocycles. The van der Waals surface area contributed by atoms with E-state index in [0.29, 0.717) is 0 Å². The van der Waals surface area contributed by atoms with E-state index in [1.165, 1.54) is 0 Å². The summed E-state index contributed by atoms with van der Waals surface area (Å²) in [5, 5.41) is 17.9. The van der Waals surface area contributed by atoms with Gasteiger partial charge in [-0.25, -0.2) is 9.37 Å². The van der Waals surface area contributed by atoms with Crippen molar-refractivity contribution in [2.75, 3.05) is 0 Å². The van der Waals surface area contributed by atoms with Crippen molar-refractivity contribution in [3.05, 3.63) is 17.2 Å². The van der Waals surface area contributed by atoms with Gasteiger partial charge in [0.1, 0.15) is 16.1 Å². The van der Waals surface area contributed by atoms with E-state index in [9.17, 15) is 9.50 Å². The van der Waals surface area contributed by atoms with Gasteiger partial charge in [0.15, 0.2) is 5.82 Å². The fraction of sp³-hybridized carbons (Fsp3) is 0. The zero-order chi connectivity index (χ0) is 10.3. The van der Waals surface area contributed by atoms with Gasteiger partial charge in [-0.1, -0.05) is 11.6 Å². The predicted octanol–water partition coefficient (Wildman–Crippen LogP) is 1.23. The van der Waals surface area contributed by atoms with E-state index in [-0.39, 0.29) is 16.1 Å². The summed E-state index contributed by atoms with van der Waals surface area (Å²) in [6, 6.07) is -0.726. The largest absolute Gasteiger partial charge is 0.493 e. The second-order valence-electron chi connectivity index (χ2n) is 2.47. The standard InChI is InChI=1S/C7H3ClFN3O2/c8-5-3-4(2(9)1-10-5)11-7(14)12-6(3)13/h1H,(H2,11,12,13,14). The Morgan fingerprint density at radius 2 is 2.00 bits per heavy atom. The Labute approximate surface area is 81.8 Å². The molecule has 0 saturated carbocycles. The van der Waals surface area contributed by atoms with Crippen molar-refractivity contribution >= 4 is 22.5 Å². The highest BCUT2D eigenvalue weighted by molar-refractivity contribution is 6.34. The molecule has 0 atom stereocenters. The predicted molar refractivity (Wildman–Crippen MR) is 45.6 cm³/mol. The lowest BCUT2D eigenvalue weighted by Gasteiger charge is -2.01. The van der Waals surface area contributed by atoms with Crippen LogP contribution in [0.3, 0.4) is 0 Å². The molecule has 2 N–H and O–H groups in total. The van der Waals surface area contributed by atoms with Crippen LogP contribution < -0.4 is 0 Å². The van der Waals surface area contributed by atoms with Crippen LogP contribution in [0.4, 0.5) is 4.39 Å². The molecular formula is C7H3ClFN3O2. The molecule has 72 valence electrons. The highest BCUT2D eigenvalue weighted by Crippen LogP contribution is 2.29. The summed E-state index contributed by atoms with van der Waals surface area (Å²) >= 11 is 5.59. The van der Waals surface area contributed by atoms with Gasteiger partial charge in [0.05, 0.1) is 6.20 Å². The molecule has 0 spiro atoms. The molecule has 0 bridgehead atoms. The third-order valence-electron chi connectivity index (χ3n) is 1.60. The first-order valence-corrected chi connectivity index (χ1v) is 3.87. The van der Waals surface area contributed by atoms with Gasteiger partial charge in [-0.3, -0.25) is 0 Å². The second kappa shape index (κ2) is 2.91. The second-order valence-corrected chi connectivity index (χ2v) is 2.83. The molecule has 0 saturated heterocycles.